The van der Waals surface area contributed by atoms with Crippen LogP contribution < -0.4 is 9.74 Å². The molecule has 12 heteroatoms. The summed E-state index contributed by atoms with van der Waals surface area (Å²) in [5.74, 6) is -0.927. The van der Waals surface area contributed by atoms with Gasteiger partial charge >= 0.3 is 10.1 Å². The summed E-state index contributed by atoms with van der Waals surface area (Å²) >= 11 is 0. The van der Waals surface area contributed by atoms with Crippen molar-refractivity contribution >= 4 is 27.3 Å². The Balaban J connectivity index is 2.44. The predicted molar refractivity (Wildman–Crippen MR) is 81.5 cm³/mol. The molecule has 1 aromatic heterocycles. The van der Waals surface area contributed by atoms with Gasteiger partial charge in [-0.2, -0.15) is 8.42 Å². The molecule has 0 spiro atoms. The molecule has 2 aromatic rings. The maximum absolute atomic E-state index is 11.3. The van der Waals surface area contributed by atoms with E-state index in [1.54, 1.807) is 0 Å². The Labute approximate surface area is 134 Å². The Morgan fingerprint density at radius 1 is 1.25 bits per heavy atom. The number of pyridine rings is 1. The summed E-state index contributed by atoms with van der Waals surface area (Å²) in [6, 6.07) is 5.46. The number of benzene rings is 1. The zero-order chi connectivity index (χ0) is 17.9. The third-order valence-corrected chi connectivity index (χ3v) is 3.02. The minimum Gasteiger partial charge on any atom is -0.503 e. The van der Waals surface area contributed by atoms with Crippen LogP contribution in [0.4, 0.5) is 17.2 Å². The van der Waals surface area contributed by atoms with Gasteiger partial charge in [0, 0.05) is 6.07 Å². The van der Waals surface area contributed by atoms with Crippen LogP contribution in [0.5, 0.6) is 11.5 Å². The van der Waals surface area contributed by atoms with E-state index < -0.39 is 37.8 Å². The summed E-state index contributed by atoms with van der Waals surface area (Å²) in [5, 5.41) is 27.2. The summed E-state index contributed by atoms with van der Waals surface area (Å²) in [5.41, 5.74) is -1.30. The summed E-state index contributed by atoms with van der Waals surface area (Å²) in [6.07, 6.45) is 0.768. The van der Waals surface area contributed by atoms with Crippen LogP contribution in [0.15, 0.2) is 45.4 Å². The number of aromatic amines is 1. The summed E-state index contributed by atoms with van der Waals surface area (Å²) in [7, 11) is -3.95. The second-order valence-corrected chi connectivity index (χ2v) is 6.03. The number of nitro groups is 1. The number of nitro benzene ring substituents is 1. The number of hydrogen-bond acceptors (Lipinski definition) is 9. The fourth-order valence-electron chi connectivity index (χ4n) is 1.55. The van der Waals surface area contributed by atoms with Crippen molar-refractivity contribution < 1.29 is 22.6 Å². The smallest absolute Gasteiger partial charge is 0.306 e. The Bertz CT molecular complexity index is 981. The van der Waals surface area contributed by atoms with Crippen LogP contribution in [-0.4, -0.2) is 29.7 Å². The maximum atomic E-state index is 11.3. The van der Waals surface area contributed by atoms with Crippen molar-refractivity contribution in [3.63, 3.8) is 0 Å². The van der Waals surface area contributed by atoms with Gasteiger partial charge in [-0.15, -0.1) is 10.2 Å². The molecule has 0 saturated carbocycles. The average molecular weight is 354 g/mol. The van der Waals surface area contributed by atoms with Gasteiger partial charge in [0.15, 0.2) is 17.3 Å². The van der Waals surface area contributed by atoms with Gasteiger partial charge in [-0.05, 0) is 18.2 Å². The van der Waals surface area contributed by atoms with Crippen LogP contribution in [-0.2, 0) is 10.1 Å². The Morgan fingerprint density at radius 3 is 2.54 bits per heavy atom. The molecule has 2 rings (SSSR count). The number of nitrogens with one attached hydrogen (secondary N) is 1. The largest absolute Gasteiger partial charge is 0.503 e. The fraction of sp³-hybridized carbons (Fsp3) is 0.0833. The summed E-state index contributed by atoms with van der Waals surface area (Å²) in [4.78, 5) is 23.5. The van der Waals surface area contributed by atoms with Crippen molar-refractivity contribution in [3.05, 3.63) is 50.8 Å². The van der Waals surface area contributed by atoms with E-state index in [-0.39, 0.29) is 11.5 Å². The number of aromatic hydroxyl groups is 1. The van der Waals surface area contributed by atoms with Gasteiger partial charge in [-0.1, -0.05) is 0 Å². The first kappa shape index (κ1) is 17.1. The first-order valence-electron chi connectivity index (χ1n) is 6.17. The predicted octanol–water partition coefficient (Wildman–Crippen LogP) is 1.74. The minimum absolute atomic E-state index is 0.0264. The Hall–Kier alpha value is -3.28. The lowest BCUT2D eigenvalue weighted by molar-refractivity contribution is -0.384. The van der Waals surface area contributed by atoms with Crippen molar-refractivity contribution in [2.24, 2.45) is 10.2 Å². The van der Waals surface area contributed by atoms with Gasteiger partial charge in [0.05, 0.1) is 17.2 Å². The number of nitrogens with zero attached hydrogens (tertiary/aromatic N) is 3. The molecule has 0 radical (unpaired) electrons. The van der Waals surface area contributed by atoms with Crippen molar-refractivity contribution in [1.82, 2.24) is 4.98 Å². The van der Waals surface area contributed by atoms with Gasteiger partial charge < -0.3 is 14.3 Å². The van der Waals surface area contributed by atoms with E-state index in [4.69, 9.17) is 5.11 Å². The molecule has 24 heavy (non-hydrogen) atoms. The van der Waals surface area contributed by atoms with E-state index in [9.17, 15) is 23.3 Å². The lowest BCUT2D eigenvalue weighted by Crippen LogP contribution is -2.06. The van der Waals surface area contributed by atoms with Crippen LogP contribution in [0.1, 0.15) is 0 Å². The van der Waals surface area contributed by atoms with Gasteiger partial charge in [-0.3, -0.25) is 14.9 Å². The van der Waals surface area contributed by atoms with E-state index in [1.165, 1.54) is 6.07 Å². The molecular formula is C12H10N4O7S. The van der Waals surface area contributed by atoms with Crippen molar-refractivity contribution in [1.29, 1.82) is 0 Å². The van der Waals surface area contributed by atoms with Crippen molar-refractivity contribution in [2.45, 2.75) is 0 Å². The first-order valence-corrected chi connectivity index (χ1v) is 7.99. The Kier molecular flexibility index (Phi) is 4.59. The highest BCUT2D eigenvalue weighted by Crippen LogP contribution is 2.33. The maximum Gasteiger partial charge on any atom is 0.306 e. The third kappa shape index (κ3) is 4.36. The molecule has 1 heterocycles. The average Bonchev–Trinajstić information content (AvgIpc) is 2.47. The normalized spacial score (nSPS) is 11.5. The van der Waals surface area contributed by atoms with Crippen LogP contribution in [0.25, 0.3) is 0 Å². The van der Waals surface area contributed by atoms with E-state index in [0.717, 1.165) is 30.5 Å². The number of aromatic nitrogens is 1. The molecule has 11 nitrogen and oxygen atoms in total. The lowest BCUT2D eigenvalue weighted by atomic mass is 10.2. The topological polar surface area (TPSA) is 164 Å². The van der Waals surface area contributed by atoms with Gasteiger partial charge in [0.25, 0.3) is 11.2 Å². The second kappa shape index (κ2) is 6.45. The van der Waals surface area contributed by atoms with Gasteiger partial charge in [0.2, 0.25) is 0 Å². The molecule has 0 amide bonds. The molecule has 0 aliphatic heterocycles. The highest BCUT2D eigenvalue weighted by Gasteiger charge is 2.15. The summed E-state index contributed by atoms with van der Waals surface area (Å²) in [6.45, 7) is 0. The van der Waals surface area contributed by atoms with E-state index in [0.29, 0.717) is 0 Å². The Morgan fingerprint density at radius 2 is 1.96 bits per heavy atom. The molecule has 0 unspecified atom stereocenters. The number of H-pyrrole nitrogens is 1. The van der Waals surface area contributed by atoms with Crippen molar-refractivity contribution in [2.75, 3.05) is 6.26 Å². The zero-order valence-electron chi connectivity index (χ0n) is 12.0. The fourth-order valence-corrected chi connectivity index (χ4v) is 2.01. The highest BCUT2D eigenvalue weighted by atomic mass is 32.2. The second-order valence-electron chi connectivity index (χ2n) is 4.45. The van der Waals surface area contributed by atoms with E-state index >= 15 is 0 Å². The zero-order valence-corrected chi connectivity index (χ0v) is 12.8. The van der Waals surface area contributed by atoms with Crippen LogP contribution >= 0.6 is 0 Å². The molecule has 0 atom stereocenters. The SMILES string of the molecule is CS(=O)(=O)Oc1cc([N+](=O)[O-])ccc1N=Nc1ccc(O)c(=O)[nH]1. The number of azo groups is 1. The van der Waals surface area contributed by atoms with Crippen LogP contribution in [0, 0.1) is 10.1 Å². The summed E-state index contributed by atoms with van der Waals surface area (Å²) < 4.78 is 27.2. The molecule has 126 valence electrons. The third-order valence-electron chi connectivity index (χ3n) is 2.53. The van der Waals surface area contributed by atoms with E-state index in [2.05, 4.69) is 19.4 Å². The standard InChI is InChI=1S/C12H10N4O7S/c1-24(21,22)23-10-6-7(16(19)20)2-3-8(10)14-15-11-5-4-9(17)12(18)13-11/h2-6,17H,1H3,(H,13,18). The van der Waals surface area contributed by atoms with Crippen LogP contribution in [0.2, 0.25) is 0 Å². The number of hydrogen-bond donors (Lipinski definition) is 2. The number of rotatable bonds is 5. The molecule has 2 N–H and O–H groups in total. The highest BCUT2D eigenvalue weighted by molar-refractivity contribution is 7.86. The minimum atomic E-state index is -3.95. The molecule has 1 aromatic carbocycles. The molecule has 0 saturated heterocycles. The van der Waals surface area contributed by atoms with E-state index in [1.807, 2.05) is 0 Å². The first-order chi connectivity index (χ1) is 11.2. The van der Waals surface area contributed by atoms with Gasteiger partial charge in [0.1, 0.15) is 5.69 Å². The molecular weight excluding hydrogens is 344 g/mol. The molecule has 0 aliphatic rings. The molecule has 0 fully saturated rings. The van der Waals surface area contributed by atoms with Crippen molar-refractivity contribution in [3.8, 4) is 11.5 Å². The number of non-ortho nitro benzene ring substituents is 1. The molecule has 0 bridgehead atoms. The van der Waals surface area contributed by atoms with Gasteiger partial charge in [-0.25, -0.2) is 0 Å². The molecule has 0 aliphatic carbocycles. The lowest BCUT2D eigenvalue weighted by Gasteiger charge is -2.05. The quantitative estimate of drug-likeness (QED) is 0.357. The van der Waals surface area contributed by atoms with Crippen LogP contribution in [0.3, 0.4) is 0 Å². The monoisotopic (exact) mass is 354 g/mol.